The van der Waals surface area contributed by atoms with Crippen molar-refractivity contribution in [3.63, 3.8) is 0 Å². The van der Waals surface area contributed by atoms with Crippen LogP contribution in [0.4, 0.5) is 4.79 Å². The van der Waals surface area contributed by atoms with Crippen LogP contribution in [-0.4, -0.2) is 29.7 Å². The fourth-order valence-electron chi connectivity index (χ4n) is 1.93. The molecule has 1 aliphatic heterocycles. The monoisotopic (exact) mass is 311 g/mol. The standard InChI is InChI=1S/C14H18BrNO2/c1-14(2,3)18-13(17)16-8-11(9-16)10-5-4-6-12(15)7-10/h4-7,11H,8-9H2,1-3H3. The van der Waals surface area contributed by atoms with E-state index in [9.17, 15) is 4.79 Å². The average molecular weight is 312 g/mol. The van der Waals surface area contributed by atoms with Crippen molar-refractivity contribution in [1.82, 2.24) is 4.90 Å². The van der Waals surface area contributed by atoms with Gasteiger partial charge in [-0.05, 0) is 38.5 Å². The van der Waals surface area contributed by atoms with Gasteiger partial charge in [0, 0.05) is 23.5 Å². The van der Waals surface area contributed by atoms with Gasteiger partial charge in [-0.15, -0.1) is 0 Å². The van der Waals surface area contributed by atoms with Crippen LogP contribution in [0.3, 0.4) is 0 Å². The van der Waals surface area contributed by atoms with Crippen LogP contribution in [-0.2, 0) is 4.74 Å². The molecule has 1 aromatic rings. The summed E-state index contributed by atoms with van der Waals surface area (Å²) in [5, 5.41) is 0. The lowest BCUT2D eigenvalue weighted by Crippen LogP contribution is -2.50. The minimum Gasteiger partial charge on any atom is -0.444 e. The van der Waals surface area contributed by atoms with E-state index in [1.54, 1.807) is 4.90 Å². The molecule has 1 fully saturated rings. The Morgan fingerprint density at radius 3 is 2.61 bits per heavy atom. The van der Waals surface area contributed by atoms with Crippen LogP contribution in [0.5, 0.6) is 0 Å². The Hall–Kier alpha value is -1.03. The molecule has 4 heteroatoms. The molecule has 1 heterocycles. The van der Waals surface area contributed by atoms with Gasteiger partial charge in [0.1, 0.15) is 5.60 Å². The third-order valence-corrected chi connectivity index (χ3v) is 3.35. The number of carbonyl (C=O) groups is 1. The van der Waals surface area contributed by atoms with Crippen molar-refractivity contribution in [2.24, 2.45) is 0 Å². The number of ether oxygens (including phenoxy) is 1. The van der Waals surface area contributed by atoms with Crippen molar-refractivity contribution in [2.45, 2.75) is 32.3 Å². The summed E-state index contributed by atoms with van der Waals surface area (Å²) in [6, 6.07) is 8.24. The van der Waals surface area contributed by atoms with Gasteiger partial charge < -0.3 is 9.64 Å². The van der Waals surface area contributed by atoms with E-state index >= 15 is 0 Å². The van der Waals surface area contributed by atoms with Gasteiger partial charge in [-0.3, -0.25) is 0 Å². The van der Waals surface area contributed by atoms with Crippen LogP contribution in [0, 0.1) is 0 Å². The summed E-state index contributed by atoms with van der Waals surface area (Å²) >= 11 is 3.46. The molecule has 0 saturated carbocycles. The quantitative estimate of drug-likeness (QED) is 0.790. The second-order valence-corrected chi connectivity index (χ2v) is 6.55. The normalized spacial score (nSPS) is 16.3. The summed E-state index contributed by atoms with van der Waals surface area (Å²) < 4.78 is 6.41. The van der Waals surface area contributed by atoms with Crippen LogP contribution in [0.1, 0.15) is 32.3 Å². The summed E-state index contributed by atoms with van der Waals surface area (Å²) in [4.78, 5) is 13.5. The molecule has 3 nitrogen and oxygen atoms in total. The van der Waals surface area contributed by atoms with Crippen molar-refractivity contribution in [3.8, 4) is 0 Å². The molecule has 0 spiro atoms. The molecule has 0 aromatic heterocycles. The fraction of sp³-hybridized carbons (Fsp3) is 0.500. The van der Waals surface area contributed by atoms with Gasteiger partial charge in [-0.25, -0.2) is 4.79 Å². The van der Waals surface area contributed by atoms with E-state index < -0.39 is 5.60 Å². The molecule has 1 saturated heterocycles. The number of rotatable bonds is 1. The molecule has 98 valence electrons. The highest BCUT2D eigenvalue weighted by atomic mass is 79.9. The molecule has 2 rings (SSSR count). The maximum Gasteiger partial charge on any atom is 0.410 e. The molecular weight excluding hydrogens is 294 g/mol. The molecule has 0 bridgehead atoms. The Kier molecular flexibility index (Phi) is 3.66. The first kappa shape index (κ1) is 13.4. The number of benzene rings is 1. The number of likely N-dealkylation sites (tertiary alicyclic amines) is 1. The maximum atomic E-state index is 11.8. The Labute approximate surface area is 116 Å². The van der Waals surface area contributed by atoms with Crippen LogP contribution in [0.25, 0.3) is 0 Å². The lowest BCUT2D eigenvalue weighted by Gasteiger charge is -2.40. The zero-order valence-corrected chi connectivity index (χ0v) is 12.5. The molecule has 18 heavy (non-hydrogen) atoms. The van der Waals surface area contributed by atoms with E-state index in [0.29, 0.717) is 5.92 Å². The molecule has 0 atom stereocenters. The summed E-state index contributed by atoms with van der Waals surface area (Å²) in [5.74, 6) is 0.426. The van der Waals surface area contributed by atoms with Gasteiger partial charge in [0.15, 0.2) is 0 Å². The third kappa shape index (κ3) is 3.25. The van der Waals surface area contributed by atoms with Gasteiger partial charge in [-0.1, -0.05) is 28.1 Å². The van der Waals surface area contributed by atoms with Crippen molar-refractivity contribution in [3.05, 3.63) is 34.3 Å². The largest absolute Gasteiger partial charge is 0.444 e. The summed E-state index contributed by atoms with van der Waals surface area (Å²) in [6.07, 6.45) is -0.214. The van der Waals surface area contributed by atoms with Gasteiger partial charge in [0.05, 0.1) is 0 Å². The van der Waals surface area contributed by atoms with E-state index in [4.69, 9.17) is 4.74 Å². The Morgan fingerprint density at radius 2 is 2.06 bits per heavy atom. The SMILES string of the molecule is CC(C)(C)OC(=O)N1CC(c2cccc(Br)c2)C1. The predicted octanol–water partition coefficient (Wildman–Crippen LogP) is 3.78. The molecule has 1 aromatic carbocycles. The first-order chi connectivity index (χ1) is 8.35. The van der Waals surface area contributed by atoms with E-state index in [1.807, 2.05) is 32.9 Å². The lowest BCUT2D eigenvalue weighted by molar-refractivity contribution is 0.00819. The number of halogens is 1. The first-order valence-corrected chi connectivity index (χ1v) is 6.88. The topological polar surface area (TPSA) is 29.5 Å². The molecular formula is C14H18BrNO2. The molecule has 1 aliphatic rings. The average Bonchev–Trinajstić information content (AvgIpc) is 2.11. The van der Waals surface area contributed by atoms with Crippen LogP contribution in [0.15, 0.2) is 28.7 Å². The van der Waals surface area contributed by atoms with Gasteiger partial charge in [0.2, 0.25) is 0 Å². The third-order valence-electron chi connectivity index (χ3n) is 2.85. The highest BCUT2D eigenvalue weighted by Gasteiger charge is 2.34. The summed E-state index contributed by atoms with van der Waals surface area (Å²) in [6.45, 7) is 7.14. The highest BCUT2D eigenvalue weighted by molar-refractivity contribution is 9.10. The van der Waals surface area contributed by atoms with Crippen molar-refractivity contribution >= 4 is 22.0 Å². The highest BCUT2D eigenvalue weighted by Crippen LogP contribution is 2.29. The van der Waals surface area contributed by atoms with Crippen molar-refractivity contribution in [1.29, 1.82) is 0 Å². The zero-order valence-electron chi connectivity index (χ0n) is 10.9. The Balaban J connectivity index is 1.89. The van der Waals surface area contributed by atoms with Gasteiger partial charge in [0.25, 0.3) is 0 Å². The molecule has 1 amide bonds. The van der Waals surface area contributed by atoms with Gasteiger partial charge in [-0.2, -0.15) is 0 Å². The van der Waals surface area contributed by atoms with Crippen molar-refractivity contribution in [2.75, 3.05) is 13.1 Å². The zero-order chi connectivity index (χ0) is 13.3. The number of amides is 1. The summed E-state index contributed by atoms with van der Waals surface area (Å²) in [7, 11) is 0. The number of hydrogen-bond donors (Lipinski definition) is 0. The van der Waals surface area contributed by atoms with Crippen LogP contribution in [0.2, 0.25) is 0 Å². The van der Waals surface area contributed by atoms with Gasteiger partial charge >= 0.3 is 6.09 Å². The Morgan fingerprint density at radius 1 is 1.39 bits per heavy atom. The Bertz CT molecular complexity index is 447. The van der Waals surface area contributed by atoms with E-state index in [-0.39, 0.29) is 6.09 Å². The van der Waals surface area contributed by atoms with E-state index in [1.165, 1.54) is 5.56 Å². The molecule has 0 aliphatic carbocycles. The number of carbonyl (C=O) groups excluding carboxylic acids is 1. The smallest absolute Gasteiger partial charge is 0.410 e. The van der Waals surface area contributed by atoms with E-state index in [2.05, 4.69) is 28.1 Å². The number of hydrogen-bond acceptors (Lipinski definition) is 2. The number of nitrogens with zero attached hydrogens (tertiary/aromatic N) is 1. The second kappa shape index (κ2) is 4.92. The summed E-state index contributed by atoms with van der Waals surface area (Å²) in [5.41, 5.74) is 0.849. The molecule has 0 N–H and O–H groups in total. The first-order valence-electron chi connectivity index (χ1n) is 6.08. The lowest BCUT2D eigenvalue weighted by atomic mass is 9.92. The van der Waals surface area contributed by atoms with Crippen molar-refractivity contribution < 1.29 is 9.53 Å². The minimum atomic E-state index is -0.419. The predicted molar refractivity (Wildman–Crippen MR) is 74.7 cm³/mol. The second-order valence-electron chi connectivity index (χ2n) is 5.64. The fourth-order valence-corrected chi connectivity index (χ4v) is 2.34. The maximum absolute atomic E-state index is 11.8. The minimum absolute atomic E-state index is 0.214. The molecule has 0 radical (unpaired) electrons. The van der Waals surface area contributed by atoms with Crippen LogP contribution < -0.4 is 0 Å². The molecule has 0 unspecified atom stereocenters. The van der Waals surface area contributed by atoms with Crippen LogP contribution >= 0.6 is 15.9 Å². The van der Waals surface area contributed by atoms with E-state index in [0.717, 1.165) is 17.6 Å².